The molecule has 0 aliphatic heterocycles. The van der Waals surface area contributed by atoms with Gasteiger partial charge in [-0.05, 0) is 43.4 Å². The van der Waals surface area contributed by atoms with Crippen LogP contribution in [0.15, 0.2) is 24.3 Å². The molecule has 0 radical (unpaired) electrons. The van der Waals surface area contributed by atoms with Gasteiger partial charge in [-0.3, -0.25) is 0 Å². The molecule has 0 aromatic heterocycles. The maximum atomic E-state index is 10.6. The number of rotatable bonds is 27. The van der Waals surface area contributed by atoms with Gasteiger partial charge in [0.2, 0.25) is 0 Å². The first kappa shape index (κ1) is 34.5. The molecule has 1 aromatic rings. The highest BCUT2D eigenvalue weighted by Crippen LogP contribution is 2.31. The van der Waals surface area contributed by atoms with Gasteiger partial charge in [-0.25, -0.2) is 0 Å². The van der Waals surface area contributed by atoms with Crippen LogP contribution in [0.4, 0.5) is 0 Å². The summed E-state index contributed by atoms with van der Waals surface area (Å²) in [6.07, 6.45) is 28.3. The second-order valence-electron chi connectivity index (χ2n) is 10.8. The monoisotopic (exact) mass is 532 g/mol. The Morgan fingerprint density at radius 3 is 1.89 bits per heavy atom. The number of unbranched alkanes of at least 4 members (excludes halogenated alkanes) is 17. The Morgan fingerprint density at radius 2 is 1.26 bits per heavy atom. The van der Waals surface area contributed by atoms with Gasteiger partial charge in [0.1, 0.15) is 0 Å². The zero-order valence-electron chi connectivity index (χ0n) is 24.9. The third-order valence-corrected chi connectivity index (χ3v) is 7.13. The van der Waals surface area contributed by atoms with Crippen LogP contribution in [0, 0.1) is 0 Å². The molecule has 4 heteroatoms. The van der Waals surface area contributed by atoms with Gasteiger partial charge in [0.25, 0.3) is 0 Å². The Balaban J connectivity index is 2.44. The molecule has 0 heterocycles. The molecule has 1 atom stereocenters. The molecule has 38 heavy (non-hydrogen) atoms. The van der Waals surface area contributed by atoms with E-state index in [-0.39, 0.29) is 0 Å². The molecule has 0 saturated carbocycles. The normalized spacial score (nSPS) is 12.3. The molecule has 0 amide bonds. The SMILES string of the molecule is CCCC/C=C/c1ccc(OCCCCCCCCCCCO)c(OC(O)CCCCCCCCCC)c1. The van der Waals surface area contributed by atoms with Crippen LogP contribution in [0.2, 0.25) is 0 Å². The van der Waals surface area contributed by atoms with E-state index in [0.717, 1.165) is 49.8 Å². The van der Waals surface area contributed by atoms with Gasteiger partial charge in [-0.1, -0.05) is 135 Å². The number of allylic oxidation sites excluding steroid dienone is 1. The van der Waals surface area contributed by atoms with Gasteiger partial charge in [0.15, 0.2) is 17.8 Å². The van der Waals surface area contributed by atoms with Crippen molar-refractivity contribution in [3.63, 3.8) is 0 Å². The van der Waals surface area contributed by atoms with Crippen molar-refractivity contribution in [2.24, 2.45) is 0 Å². The molecule has 0 saturated heterocycles. The molecule has 4 nitrogen and oxygen atoms in total. The fraction of sp³-hybridized carbons (Fsp3) is 0.765. The first-order valence-corrected chi connectivity index (χ1v) is 16.1. The molecule has 0 bridgehead atoms. The van der Waals surface area contributed by atoms with E-state index in [1.54, 1.807) is 0 Å². The number of ether oxygens (including phenoxy) is 2. The number of hydrogen-bond donors (Lipinski definition) is 2. The van der Waals surface area contributed by atoms with Crippen molar-refractivity contribution >= 4 is 6.08 Å². The summed E-state index contributed by atoms with van der Waals surface area (Å²) in [6, 6.07) is 6.07. The van der Waals surface area contributed by atoms with E-state index in [2.05, 4.69) is 32.1 Å². The van der Waals surface area contributed by atoms with Crippen molar-refractivity contribution in [3.8, 4) is 11.5 Å². The quantitative estimate of drug-likeness (QED) is 0.0874. The summed E-state index contributed by atoms with van der Waals surface area (Å²) in [5.74, 6) is 1.38. The average Bonchev–Trinajstić information content (AvgIpc) is 2.92. The highest BCUT2D eigenvalue weighted by molar-refractivity contribution is 5.55. The van der Waals surface area contributed by atoms with Gasteiger partial charge in [0.05, 0.1) is 6.61 Å². The standard InChI is InChI=1S/C34H60O4/c1-3-5-7-9-10-14-17-21-25-34(36)38-33-30-31(24-20-8-6-4-2)26-27-32(33)37-29-23-19-16-13-11-12-15-18-22-28-35/h20,24,26-27,30,34-36H,3-19,21-23,25,28-29H2,1-2H3/b24-20+. The predicted molar refractivity (Wildman–Crippen MR) is 163 cm³/mol. The molecule has 2 N–H and O–H groups in total. The summed E-state index contributed by atoms with van der Waals surface area (Å²) in [7, 11) is 0. The molecular weight excluding hydrogens is 472 g/mol. The van der Waals surface area contributed by atoms with E-state index in [1.807, 2.05) is 12.1 Å². The fourth-order valence-electron chi connectivity index (χ4n) is 4.67. The molecular formula is C34H60O4. The number of hydrogen-bond acceptors (Lipinski definition) is 4. The fourth-order valence-corrected chi connectivity index (χ4v) is 4.67. The second kappa shape index (κ2) is 25.7. The van der Waals surface area contributed by atoms with E-state index in [1.165, 1.54) is 89.9 Å². The zero-order valence-corrected chi connectivity index (χ0v) is 24.9. The minimum absolute atomic E-state index is 0.323. The predicted octanol–water partition coefficient (Wildman–Crippen LogP) is 10.00. The summed E-state index contributed by atoms with van der Waals surface area (Å²) in [5.41, 5.74) is 1.08. The lowest BCUT2D eigenvalue weighted by atomic mass is 10.1. The van der Waals surface area contributed by atoms with Crippen molar-refractivity contribution in [3.05, 3.63) is 29.8 Å². The lowest BCUT2D eigenvalue weighted by Crippen LogP contribution is -2.16. The lowest BCUT2D eigenvalue weighted by molar-refractivity contribution is -0.0264. The molecule has 1 aromatic carbocycles. The first-order valence-electron chi connectivity index (χ1n) is 16.1. The van der Waals surface area contributed by atoms with Crippen LogP contribution in [0.25, 0.3) is 6.08 Å². The van der Waals surface area contributed by atoms with Crippen molar-refractivity contribution in [1.29, 1.82) is 0 Å². The Labute approximate surface area is 235 Å². The van der Waals surface area contributed by atoms with Gasteiger partial charge >= 0.3 is 0 Å². The van der Waals surface area contributed by atoms with Gasteiger partial charge in [0, 0.05) is 13.0 Å². The third kappa shape index (κ3) is 19.5. The zero-order chi connectivity index (χ0) is 27.5. The third-order valence-electron chi connectivity index (χ3n) is 7.13. The van der Waals surface area contributed by atoms with E-state index >= 15 is 0 Å². The summed E-state index contributed by atoms with van der Waals surface area (Å²) in [4.78, 5) is 0. The van der Waals surface area contributed by atoms with Crippen molar-refractivity contribution < 1.29 is 19.7 Å². The van der Waals surface area contributed by atoms with E-state index in [4.69, 9.17) is 14.6 Å². The summed E-state index contributed by atoms with van der Waals surface area (Å²) in [6.45, 7) is 5.46. The molecule has 1 rings (SSSR count). The van der Waals surface area contributed by atoms with Gasteiger partial charge in [-0.2, -0.15) is 0 Å². The van der Waals surface area contributed by atoms with Crippen LogP contribution in [0.5, 0.6) is 11.5 Å². The summed E-state index contributed by atoms with van der Waals surface area (Å²) >= 11 is 0. The molecule has 0 spiro atoms. The molecule has 220 valence electrons. The van der Waals surface area contributed by atoms with Crippen molar-refractivity contribution in [2.45, 2.75) is 155 Å². The Hall–Kier alpha value is -1.52. The Bertz CT molecular complexity index is 672. The smallest absolute Gasteiger partial charge is 0.197 e. The molecule has 1 unspecified atom stereocenters. The Morgan fingerprint density at radius 1 is 0.684 bits per heavy atom. The molecule has 0 fully saturated rings. The van der Waals surface area contributed by atoms with E-state index in [9.17, 15) is 5.11 Å². The van der Waals surface area contributed by atoms with E-state index < -0.39 is 6.29 Å². The maximum absolute atomic E-state index is 10.6. The van der Waals surface area contributed by atoms with E-state index in [0.29, 0.717) is 25.4 Å². The summed E-state index contributed by atoms with van der Waals surface area (Å²) in [5, 5.41) is 19.4. The minimum atomic E-state index is -0.797. The summed E-state index contributed by atoms with van der Waals surface area (Å²) < 4.78 is 12.1. The highest BCUT2D eigenvalue weighted by atomic mass is 16.6. The van der Waals surface area contributed by atoms with Crippen molar-refractivity contribution in [1.82, 2.24) is 0 Å². The largest absolute Gasteiger partial charge is 0.490 e. The van der Waals surface area contributed by atoms with Crippen LogP contribution < -0.4 is 9.47 Å². The highest BCUT2D eigenvalue weighted by Gasteiger charge is 2.12. The van der Waals surface area contributed by atoms with Crippen LogP contribution in [0.1, 0.15) is 154 Å². The van der Waals surface area contributed by atoms with Crippen LogP contribution in [0.3, 0.4) is 0 Å². The second-order valence-corrected chi connectivity index (χ2v) is 10.8. The molecule has 0 aliphatic carbocycles. The number of benzene rings is 1. The minimum Gasteiger partial charge on any atom is -0.490 e. The number of aliphatic hydroxyl groups excluding tert-OH is 2. The van der Waals surface area contributed by atoms with Crippen LogP contribution in [-0.2, 0) is 0 Å². The van der Waals surface area contributed by atoms with Crippen LogP contribution >= 0.6 is 0 Å². The topological polar surface area (TPSA) is 58.9 Å². The van der Waals surface area contributed by atoms with Gasteiger partial charge < -0.3 is 19.7 Å². The maximum Gasteiger partial charge on any atom is 0.197 e. The average molecular weight is 533 g/mol. The first-order chi connectivity index (χ1) is 18.7. The van der Waals surface area contributed by atoms with Crippen molar-refractivity contribution in [2.75, 3.05) is 13.2 Å². The van der Waals surface area contributed by atoms with Crippen LogP contribution in [-0.4, -0.2) is 29.7 Å². The molecule has 0 aliphatic rings. The Kier molecular flexibility index (Phi) is 23.4. The lowest BCUT2D eigenvalue weighted by Gasteiger charge is -2.17. The number of aliphatic hydroxyl groups is 2. The van der Waals surface area contributed by atoms with Gasteiger partial charge in [-0.15, -0.1) is 0 Å².